The van der Waals surface area contributed by atoms with Crippen molar-refractivity contribution in [2.45, 2.75) is 58.4 Å². The summed E-state index contributed by atoms with van der Waals surface area (Å²) < 4.78 is 5.26. The number of methoxy groups -OCH3 is 1. The normalized spacial score (nSPS) is 16.0. The van der Waals surface area contributed by atoms with E-state index < -0.39 is 0 Å². The summed E-state index contributed by atoms with van der Waals surface area (Å²) in [6.07, 6.45) is 7.46. The molecular formula is C22H30N2O. The third kappa shape index (κ3) is 4.53. The number of pyridine rings is 1. The van der Waals surface area contributed by atoms with E-state index in [2.05, 4.69) is 43.4 Å². The van der Waals surface area contributed by atoms with E-state index in [0.717, 1.165) is 29.2 Å². The van der Waals surface area contributed by atoms with Crippen LogP contribution >= 0.6 is 0 Å². The number of anilines is 1. The molecule has 25 heavy (non-hydrogen) atoms. The first-order valence-corrected chi connectivity index (χ1v) is 9.60. The van der Waals surface area contributed by atoms with Crippen LogP contribution in [-0.2, 0) is 6.42 Å². The molecule has 0 radical (unpaired) electrons. The molecule has 1 fully saturated rings. The monoisotopic (exact) mass is 338 g/mol. The van der Waals surface area contributed by atoms with Gasteiger partial charge in [0, 0.05) is 11.6 Å². The van der Waals surface area contributed by atoms with Gasteiger partial charge in [-0.2, -0.15) is 0 Å². The summed E-state index contributed by atoms with van der Waals surface area (Å²) in [6.45, 7) is 4.57. The molecular weight excluding hydrogens is 308 g/mol. The largest absolute Gasteiger partial charge is 0.497 e. The minimum Gasteiger partial charge on any atom is -0.497 e. The first kappa shape index (κ1) is 17.8. The minimum atomic E-state index is 0.578. The van der Waals surface area contributed by atoms with Crippen molar-refractivity contribution < 1.29 is 4.74 Å². The number of hydrogen-bond acceptors (Lipinski definition) is 3. The maximum atomic E-state index is 5.26. The highest BCUT2D eigenvalue weighted by Gasteiger charge is 2.18. The zero-order valence-electron chi connectivity index (χ0n) is 15.7. The van der Waals surface area contributed by atoms with E-state index in [0.29, 0.717) is 12.0 Å². The molecule has 1 aliphatic carbocycles. The van der Waals surface area contributed by atoms with Gasteiger partial charge in [0.1, 0.15) is 11.6 Å². The van der Waals surface area contributed by atoms with Gasteiger partial charge in [-0.25, -0.2) is 4.98 Å². The minimum absolute atomic E-state index is 0.578. The summed E-state index contributed by atoms with van der Waals surface area (Å²) in [4.78, 5) is 5.00. The summed E-state index contributed by atoms with van der Waals surface area (Å²) in [5, 5.41) is 3.74. The molecule has 3 rings (SSSR count). The predicted octanol–water partition coefficient (Wildman–Crippen LogP) is 5.70. The Kier molecular flexibility index (Phi) is 5.95. The molecule has 1 aromatic carbocycles. The Morgan fingerprint density at radius 3 is 2.48 bits per heavy atom. The molecule has 1 unspecified atom stereocenters. The topological polar surface area (TPSA) is 34.1 Å². The van der Waals surface area contributed by atoms with Crippen LogP contribution in [0.3, 0.4) is 0 Å². The van der Waals surface area contributed by atoms with Crippen LogP contribution in [0.25, 0.3) is 11.3 Å². The molecule has 1 aromatic heterocycles. The maximum absolute atomic E-state index is 5.26. The molecule has 134 valence electrons. The zero-order chi connectivity index (χ0) is 17.6. The number of benzene rings is 1. The van der Waals surface area contributed by atoms with Crippen molar-refractivity contribution in [2.24, 2.45) is 5.92 Å². The maximum Gasteiger partial charge on any atom is 0.130 e. The number of hydrogen-bond donors (Lipinski definition) is 1. The van der Waals surface area contributed by atoms with E-state index in [9.17, 15) is 0 Å². The van der Waals surface area contributed by atoms with Crippen LogP contribution in [0.1, 0.15) is 51.5 Å². The van der Waals surface area contributed by atoms with E-state index in [1.807, 2.05) is 12.1 Å². The molecule has 0 spiro atoms. The summed E-state index contributed by atoms with van der Waals surface area (Å²) >= 11 is 0. The van der Waals surface area contributed by atoms with E-state index in [1.165, 1.54) is 37.7 Å². The Morgan fingerprint density at radius 1 is 1.12 bits per heavy atom. The fourth-order valence-electron chi connectivity index (χ4n) is 3.48. The van der Waals surface area contributed by atoms with Crippen LogP contribution in [0.2, 0.25) is 0 Å². The zero-order valence-corrected chi connectivity index (χ0v) is 15.7. The Hall–Kier alpha value is -2.03. The first-order chi connectivity index (χ1) is 12.2. The van der Waals surface area contributed by atoms with Gasteiger partial charge < -0.3 is 10.1 Å². The van der Waals surface area contributed by atoms with Crippen molar-refractivity contribution in [3.63, 3.8) is 0 Å². The number of rotatable bonds is 7. The number of nitrogens with zero attached hydrogens (tertiary/aromatic N) is 1. The van der Waals surface area contributed by atoms with Gasteiger partial charge in [-0.3, -0.25) is 0 Å². The van der Waals surface area contributed by atoms with E-state index in [1.54, 1.807) is 7.11 Å². The fourth-order valence-corrected chi connectivity index (χ4v) is 3.48. The average Bonchev–Trinajstić information content (AvgIpc) is 3.16. The van der Waals surface area contributed by atoms with Gasteiger partial charge in [0.25, 0.3) is 0 Å². The molecule has 1 heterocycles. The lowest BCUT2D eigenvalue weighted by Gasteiger charge is -2.19. The van der Waals surface area contributed by atoms with Gasteiger partial charge in [0.05, 0.1) is 12.8 Å². The molecule has 1 saturated carbocycles. The highest BCUT2D eigenvalue weighted by molar-refractivity contribution is 5.64. The van der Waals surface area contributed by atoms with Gasteiger partial charge in [-0.15, -0.1) is 0 Å². The molecule has 1 atom stereocenters. The SMILES string of the molecule is CCC(C)Cc1ccc(-c2ccc(OC)cc2)nc1NC1CCCC1. The third-order valence-electron chi connectivity index (χ3n) is 5.33. The standard InChI is InChI=1S/C22H30N2O/c1-4-16(2)15-18-11-14-21(17-9-12-20(25-3)13-10-17)24-22(18)23-19-7-5-6-8-19/h9-14,16,19H,4-8,15H2,1-3H3,(H,23,24). The average molecular weight is 338 g/mol. The van der Waals surface area contributed by atoms with Crippen LogP contribution in [0.15, 0.2) is 36.4 Å². The van der Waals surface area contributed by atoms with Crippen LogP contribution in [0.5, 0.6) is 5.75 Å². The molecule has 0 saturated heterocycles. The van der Waals surface area contributed by atoms with Crippen molar-refractivity contribution in [3.05, 3.63) is 42.0 Å². The smallest absolute Gasteiger partial charge is 0.130 e. The predicted molar refractivity (Wildman–Crippen MR) is 105 cm³/mol. The third-order valence-corrected chi connectivity index (χ3v) is 5.33. The quantitative estimate of drug-likeness (QED) is 0.703. The summed E-state index contributed by atoms with van der Waals surface area (Å²) in [6, 6.07) is 13.1. The number of nitrogens with one attached hydrogen (secondary N) is 1. The van der Waals surface area contributed by atoms with Crippen molar-refractivity contribution in [2.75, 3.05) is 12.4 Å². The fraction of sp³-hybridized carbons (Fsp3) is 0.500. The second kappa shape index (κ2) is 8.37. The second-order valence-corrected chi connectivity index (χ2v) is 7.28. The Bertz CT molecular complexity index is 675. The van der Waals surface area contributed by atoms with Gasteiger partial charge in [-0.1, -0.05) is 39.2 Å². The van der Waals surface area contributed by atoms with Gasteiger partial charge >= 0.3 is 0 Å². The first-order valence-electron chi connectivity index (χ1n) is 9.60. The molecule has 3 nitrogen and oxygen atoms in total. The van der Waals surface area contributed by atoms with E-state index in [-0.39, 0.29) is 0 Å². The lowest BCUT2D eigenvalue weighted by molar-refractivity contribution is 0.415. The van der Waals surface area contributed by atoms with E-state index >= 15 is 0 Å². The highest BCUT2D eigenvalue weighted by atomic mass is 16.5. The van der Waals surface area contributed by atoms with Crippen LogP contribution in [0, 0.1) is 5.92 Å². The lowest BCUT2D eigenvalue weighted by atomic mass is 9.98. The molecule has 0 aliphatic heterocycles. The van der Waals surface area contributed by atoms with Crippen LogP contribution in [-0.4, -0.2) is 18.1 Å². The van der Waals surface area contributed by atoms with Crippen molar-refractivity contribution in [1.82, 2.24) is 4.98 Å². The Morgan fingerprint density at radius 2 is 1.84 bits per heavy atom. The molecule has 1 aliphatic rings. The van der Waals surface area contributed by atoms with Gasteiger partial charge in [0.2, 0.25) is 0 Å². The summed E-state index contributed by atoms with van der Waals surface area (Å²) in [5.74, 6) is 2.64. The molecule has 2 aromatic rings. The molecule has 0 amide bonds. The van der Waals surface area contributed by atoms with Gasteiger partial charge in [-0.05, 0) is 61.1 Å². The van der Waals surface area contributed by atoms with Crippen molar-refractivity contribution in [1.29, 1.82) is 0 Å². The molecule has 1 N–H and O–H groups in total. The second-order valence-electron chi connectivity index (χ2n) is 7.28. The number of aromatic nitrogens is 1. The van der Waals surface area contributed by atoms with Crippen LogP contribution in [0.4, 0.5) is 5.82 Å². The van der Waals surface area contributed by atoms with E-state index in [4.69, 9.17) is 9.72 Å². The number of ether oxygens (including phenoxy) is 1. The molecule has 3 heteroatoms. The summed E-state index contributed by atoms with van der Waals surface area (Å²) in [7, 11) is 1.70. The Labute approximate surface area is 151 Å². The summed E-state index contributed by atoms with van der Waals surface area (Å²) in [5.41, 5.74) is 3.50. The molecule has 0 bridgehead atoms. The Balaban J connectivity index is 1.88. The van der Waals surface area contributed by atoms with Crippen molar-refractivity contribution in [3.8, 4) is 17.0 Å². The lowest BCUT2D eigenvalue weighted by Crippen LogP contribution is -2.17. The van der Waals surface area contributed by atoms with Crippen molar-refractivity contribution >= 4 is 5.82 Å². The van der Waals surface area contributed by atoms with Gasteiger partial charge in [0.15, 0.2) is 0 Å². The van der Waals surface area contributed by atoms with Crippen LogP contribution < -0.4 is 10.1 Å². The highest BCUT2D eigenvalue weighted by Crippen LogP contribution is 2.28.